The molecule has 0 spiro atoms. The van der Waals surface area contributed by atoms with Crippen LogP contribution in [0.15, 0.2) is 46.9 Å². The van der Waals surface area contributed by atoms with Gasteiger partial charge in [0, 0.05) is 5.69 Å². The van der Waals surface area contributed by atoms with Crippen molar-refractivity contribution in [2.24, 2.45) is 0 Å². The number of hydrogen-bond donors (Lipinski definition) is 1. The van der Waals surface area contributed by atoms with E-state index in [2.05, 4.69) is 21.2 Å². The molecule has 110 valence electrons. The number of carbonyl (C=O) groups is 1. The van der Waals surface area contributed by atoms with Gasteiger partial charge in [-0.15, -0.1) is 0 Å². The minimum absolute atomic E-state index is 0.0567. The summed E-state index contributed by atoms with van der Waals surface area (Å²) in [5.41, 5.74) is 1.85. The minimum Gasteiger partial charge on any atom is -0.497 e. The largest absolute Gasteiger partial charge is 0.497 e. The molecule has 21 heavy (non-hydrogen) atoms. The van der Waals surface area contributed by atoms with E-state index >= 15 is 0 Å². The Labute approximate surface area is 132 Å². The standard InChI is InChI=1S/C16H16BrNO3/c1-11-4-3-5-12(8-11)18-16(19)10-21-15-7-6-13(20-2)9-14(15)17/h3-9H,10H2,1-2H3,(H,18,19). The van der Waals surface area contributed by atoms with Crippen LogP contribution in [0.1, 0.15) is 5.56 Å². The van der Waals surface area contributed by atoms with Crippen LogP contribution in [-0.4, -0.2) is 19.6 Å². The van der Waals surface area contributed by atoms with E-state index < -0.39 is 0 Å². The van der Waals surface area contributed by atoms with E-state index in [1.54, 1.807) is 25.3 Å². The van der Waals surface area contributed by atoms with Crippen molar-refractivity contribution in [1.82, 2.24) is 0 Å². The molecule has 2 aromatic rings. The maximum atomic E-state index is 11.9. The molecule has 0 unspecified atom stereocenters. The van der Waals surface area contributed by atoms with Crippen molar-refractivity contribution in [3.63, 3.8) is 0 Å². The highest BCUT2D eigenvalue weighted by Gasteiger charge is 2.07. The third-order valence-corrected chi connectivity index (χ3v) is 3.42. The van der Waals surface area contributed by atoms with E-state index in [9.17, 15) is 4.79 Å². The molecule has 2 rings (SSSR count). The van der Waals surface area contributed by atoms with Crippen molar-refractivity contribution in [2.45, 2.75) is 6.92 Å². The second kappa shape index (κ2) is 7.13. The number of halogens is 1. The summed E-state index contributed by atoms with van der Waals surface area (Å²) in [4.78, 5) is 11.9. The number of nitrogens with one attached hydrogen (secondary N) is 1. The summed E-state index contributed by atoms with van der Waals surface area (Å²) in [6.45, 7) is 1.92. The second-order valence-corrected chi connectivity index (χ2v) is 5.36. The molecular weight excluding hydrogens is 334 g/mol. The summed E-state index contributed by atoms with van der Waals surface area (Å²) in [5, 5.41) is 2.79. The van der Waals surface area contributed by atoms with Gasteiger partial charge >= 0.3 is 0 Å². The van der Waals surface area contributed by atoms with E-state index in [4.69, 9.17) is 9.47 Å². The van der Waals surface area contributed by atoms with Crippen molar-refractivity contribution in [3.8, 4) is 11.5 Å². The third kappa shape index (κ3) is 4.49. The number of anilines is 1. The van der Waals surface area contributed by atoms with Gasteiger partial charge in [-0.2, -0.15) is 0 Å². The van der Waals surface area contributed by atoms with E-state index in [0.717, 1.165) is 21.5 Å². The van der Waals surface area contributed by atoms with Crippen LogP contribution in [0.2, 0.25) is 0 Å². The lowest BCUT2D eigenvalue weighted by molar-refractivity contribution is -0.118. The highest BCUT2D eigenvalue weighted by Crippen LogP contribution is 2.29. The number of rotatable bonds is 5. The van der Waals surface area contributed by atoms with E-state index in [1.165, 1.54) is 0 Å². The topological polar surface area (TPSA) is 47.6 Å². The van der Waals surface area contributed by atoms with E-state index in [1.807, 2.05) is 31.2 Å². The molecule has 5 heteroatoms. The summed E-state index contributed by atoms with van der Waals surface area (Å²) in [6.07, 6.45) is 0. The Morgan fingerprint density at radius 3 is 2.71 bits per heavy atom. The number of benzene rings is 2. The zero-order chi connectivity index (χ0) is 15.2. The Hall–Kier alpha value is -2.01. The van der Waals surface area contributed by atoms with Gasteiger partial charge in [0.1, 0.15) is 11.5 Å². The molecule has 1 N–H and O–H groups in total. The van der Waals surface area contributed by atoms with Crippen LogP contribution >= 0.6 is 15.9 Å². The monoisotopic (exact) mass is 349 g/mol. The Morgan fingerprint density at radius 2 is 2.05 bits per heavy atom. The fraction of sp³-hybridized carbons (Fsp3) is 0.188. The van der Waals surface area contributed by atoms with Gasteiger partial charge in [0.15, 0.2) is 6.61 Å². The van der Waals surface area contributed by atoms with Gasteiger partial charge in [-0.05, 0) is 58.7 Å². The maximum absolute atomic E-state index is 11.9. The minimum atomic E-state index is -0.205. The van der Waals surface area contributed by atoms with Gasteiger partial charge in [0.05, 0.1) is 11.6 Å². The lowest BCUT2D eigenvalue weighted by Gasteiger charge is -2.10. The summed E-state index contributed by atoms with van der Waals surface area (Å²) in [5.74, 6) is 1.11. The van der Waals surface area contributed by atoms with Crippen LogP contribution in [0, 0.1) is 6.92 Å². The van der Waals surface area contributed by atoms with Crippen molar-refractivity contribution in [3.05, 3.63) is 52.5 Å². The molecule has 0 fully saturated rings. The van der Waals surface area contributed by atoms with Crippen molar-refractivity contribution in [1.29, 1.82) is 0 Å². The average molecular weight is 350 g/mol. The number of methoxy groups -OCH3 is 1. The molecule has 0 atom stereocenters. The van der Waals surface area contributed by atoms with Gasteiger partial charge in [0.25, 0.3) is 5.91 Å². The summed E-state index contributed by atoms with van der Waals surface area (Å²) >= 11 is 3.38. The molecule has 0 heterocycles. The fourth-order valence-electron chi connectivity index (χ4n) is 1.79. The van der Waals surface area contributed by atoms with Crippen LogP contribution in [-0.2, 0) is 4.79 Å². The number of ether oxygens (including phenoxy) is 2. The molecule has 4 nitrogen and oxygen atoms in total. The molecule has 0 saturated heterocycles. The van der Waals surface area contributed by atoms with E-state index in [0.29, 0.717) is 5.75 Å². The van der Waals surface area contributed by atoms with Crippen LogP contribution in [0.5, 0.6) is 11.5 Å². The van der Waals surface area contributed by atoms with Crippen molar-refractivity contribution < 1.29 is 14.3 Å². The van der Waals surface area contributed by atoms with Gasteiger partial charge < -0.3 is 14.8 Å². The zero-order valence-corrected chi connectivity index (χ0v) is 13.4. The average Bonchev–Trinajstić information content (AvgIpc) is 2.46. The van der Waals surface area contributed by atoms with Crippen molar-refractivity contribution >= 4 is 27.5 Å². The summed E-state index contributed by atoms with van der Waals surface area (Å²) in [6, 6.07) is 12.9. The first kappa shape index (κ1) is 15.4. The Bertz CT molecular complexity index is 643. The molecule has 2 aromatic carbocycles. The summed E-state index contributed by atoms with van der Waals surface area (Å²) in [7, 11) is 1.59. The molecule has 0 saturated carbocycles. The van der Waals surface area contributed by atoms with Crippen molar-refractivity contribution in [2.75, 3.05) is 19.0 Å². The molecular formula is C16H16BrNO3. The predicted octanol–water partition coefficient (Wildman–Crippen LogP) is 3.78. The molecule has 0 radical (unpaired) electrons. The van der Waals surface area contributed by atoms with Gasteiger partial charge in [0.2, 0.25) is 0 Å². The second-order valence-electron chi connectivity index (χ2n) is 4.50. The smallest absolute Gasteiger partial charge is 0.262 e. The molecule has 0 aromatic heterocycles. The Morgan fingerprint density at radius 1 is 1.24 bits per heavy atom. The lowest BCUT2D eigenvalue weighted by Crippen LogP contribution is -2.20. The lowest BCUT2D eigenvalue weighted by atomic mass is 10.2. The van der Waals surface area contributed by atoms with E-state index in [-0.39, 0.29) is 12.5 Å². The molecule has 0 aliphatic carbocycles. The SMILES string of the molecule is COc1ccc(OCC(=O)Nc2cccc(C)c2)c(Br)c1. The maximum Gasteiger partial charge on any atom is 0.262 e. The molecule has 0 aliphatic heterocycles. The first-order chi connectivity index (χ1) is 10.1. The number of hydrogen-bond acceptors (Lipinski definition) is 3. The zero-order valence-electron chi connectivity index (χ0n) is 11.9. The fourth-order valence-corrected chi connectivity index (χ4v) is 2.26. The number of aryl methyl sites for hydroxylation is 1. The molecule has 1 amide bonds. The first-order valence-electron chi connectivity index (χ1n) is 6.41. The van der Waals surface area contributed by atoms with Crippen LogP contribution in [0.25, 0.3) is 0 Å². The summed E-state index contributed by atoms with van der Waals surface area (Å²) < 4.78 is 11.3. The molecule has 0 bridgehead atoms. The Kier molecular flexibility index (Phi) is 5.22. The van der Waals surface area contributed by atoms with Gasteiger partial charge in [-0.3, -0.25) is 4.79 Å². The third-order valence-electron chi connectivity index (χ3n) is 2.80. The van der Waals surface area contributed by atoms with Gasteiger partial charge in [-0.25, -0.2) is 0 Å². The quantitative estimate of drug-likeness (QED) is 0.893. The van der Waals surface area contributed by atoms with Crippen LogP contribution < -0.4 is 14.8 Å². The molecule has 0 aliphatic rings. The number of carbonyl (C=O) groups excluding carboxylic acids is 1. The predicted molar refractivity (Wildman–Crippen MR) is 86.0 cm³/mol. The highest BCUT2D eigenvalue weighted by atomic mass is 79.9. The van der Waals surface area contributed by atoms with Gasteiger partial charge in [-0.1, -0.05) is 12.1 Å². The normalized spacial score (nSPS) is 10.0. The highest BCUT2D eigenvalue weighted by molar-refractivity contribution is 9.10. The van der Waals surface area contributed by atoms with Crippen LogP contribution in [0.4, 0.5) is 5.69 Å². The number of amides is 1. The Balaban J connectivity index is 1.92. The van der Waals surface area contributed by atoms with Crippen LogP contribution in [0.3, 0.4) is 0 Å². The first-order valence-corrected chi connectivity index (χ1v) is 7.20.